The van der Waals surface area contributed by atoms with Gasteiger partial charge in [-0.25, -0.2) is 4.79 Å². The lowest BCUT2D eigenvalue weighted by Gasteiger charge is -2.05. The van der Waals surface area contributed by atoms with E-state index in [1.165, 1.54) is 0 Å². The molecule has 0 aliphatic heterocycles. The maximum Gasteiger partial charge on any atom is 0.373 e. The molecule has 1 radical (unpaired) electrons. The van der Waals surface area contributed by atoms with Crippen molar-refractivity contribution in [2.75, 3.05) is 6.61 Å². The van der Waals surface area contributed by atoms with Crippen LogP contribution in [0.3, 0.4) is 0 Å². The molecule has 0 aliphatic carbocycles. The fraction of sp³-hybridized carbons (Fsp3) is 0.125. The van der Waals surface area contributed by atoms with Crippen LogP contribution in [-0.4, -0.2) is 12.6 Å². The minimum Gasteiger partial charge on any atom is -0.293 e. The zero-order valence-electron chi connectivity index (χ0n) is 10.5. The zero-order valence-corrected chi connectivity index (χ0v) is 10.5. The van der Waals surface area contributed by atoms with Crippen molar-refractivity contribution in [2.24, 2.45) is 0 Å². The topological polar surface area (TPSA) is 35.5 Å². The van der Waals surface area contributed by atoms with Gasteiger partial charge in [0, 0.05) is 0 Å². The zero-order chi connectivity index (χ0) is 13.5. The van der Waals surface area contributed by atoms with Gasteiger partial charge >= 0.3 is 5.97 Å². The van der Waals surface area contributed by atoms with Crippen molar-refractivity contribution in [2.45, 2.75) is 6.42 Å². The average molecular weight is 255 g/mol. The van der Waals surface area contributed by atoms with Gasteiger partial charge in [0.25, 0.3) is 0 Å². The van der Waals surface area contributed by atoms with E-state index in [-0.39, 0.29) is 0 Å². The van der Waals surface area contributed by atoms with Gasteiger partial charge in [-0.15, -0.1) is 0 Å². The number of benzene rings is 2. The summed E-state index contributed by atoms with van der Waals surface area (Å²) >= 11 is 0. The van der Waals surface area contributed by atoms with Gasteiger partial charge in [0.2, 0.25) is 0 Å². The van der Waals surface area contributed by atoms with Crippen LogP contribution < -0.4 is 0 Å². The van der Waals surface area contributed by atoms with Crippen molar-refractivity contribution in [1.29, 1.82) is 0 Å². The van der Waals surface area contributed by atoms with Gasteiger partial charge in [0.1, 0.15) is 0 Å². The monoisotopic (exact) mass is 255 g/mol. The van der Waals surface area contributed by atoms with Gasteiger partial charge in [-0.3, -0.25) is 4.89 Å². The Balaban J connectivity index is 2.13. The molecule has 0 bridgehead atoms. The predicted octanol–water partition coefficient (Wildman–Crippen LogP) is 3.67. The fourth-order valence-corrected chi connectivity index (χ4v) is 1.66. The molecule has 0 aliphatic rings. The van der Waals surface area contributed by atoms with E-state index in [1.54, 1.807) is 12.1 Å². The highest BCUT2D eigenvalue weighted by molar-refractivity contribution is 5.90. The number of rotatable bonds is 5. The third-order valence-corrected chi connectivity index (χ3v) is 2.57. The second kappa shape index (κ2) is 6.71. The highest BCUT2D eigenvalue weighted by Gasteiger charge is 2.09. The Morgan fingerprint density at radius 2 is 1.74 bits per heavy atom. The number of carbonyl (C=O) groups is 1. The second-order valence-corrected chi connectivity index (χ2v) is 3.99. The van der Waals surface area contributed by atoms with Crippen molar-refractivity contribution >= 4 is 5.97 Å². The summed E-state index contributed by atoms with van der Waals surface area (Å²) in [6.07, 6.45) is 0.553. The fourth-order valence-electron chi connectivity index (χ4n) is 1.66. The first-order chi connectivity index (χ1) is 9.31. The Bertz CT molecular complexity index is 535. The van der Waals surface area contributed by atoms with E-state index in [0.717, 1.165) is 11.1 Å². The minimum atomic E-state index is -0.494. The normalized spacial score (nSPS) is 10.2. The summed E-state index contributed by atoms with van der Waals surface area (Å²) < 4.78 is 0. The second-order valence-electron chi connectivity index (χ2n) is 3.99. The van der Waals surface area contributed by atoms with E-state index in [4.69, 9.17) is 4.89 Å². The van der Waals surface area contributed by atoms with E-state index < -0.39 is 5.97 Å². The van der Waals surface area contributed by atoms with Gasteiger partial charge in [-0.1, -0.05) is 49.4 Å². The number of carbonyl (C=O) groups excluding carboxylic acids is 1. The van der Waals surface area contributed by atoms with Gasteiger partial charge in [-0.05, 0) is 29.7 Å². The molecule has 0 fully saturated rings. The Morgan fingerprint density at radius 1 is 1.00 bits per heavy atom. The van der Waals surface area contributed by atoms with Crippen molar-refractivity contribution in [3.63, 3.8) is 0 Å². The maximum atomic E-state index is 11.7. The lowest BCUT2D eigenvalue weighted by atomic mass is 10.0. The molecule has 3 heteroatoms. The van der Waals surface area contributed by atoms with E-state index in [9.17, 15) is 4.79 Å². The molecule has 0 N–H and O–H groups in total. The molecule has 0 saturated carbocycles. The van der Waals surface area contributed by atoms with Crippen LogP contribution in [0.1, 0.15) is 16.8 Å². The molecular formula is C16H15O3. The maximum absolute atomic E-state index is 11.7. The first-order valence-electron chi connectivity index (χ1n) is 6.10. The molecule has 3 nitrogen and oxygen atoms in total. The first kappa shape index (κ1) is 13.3. The molecule has 0 aromatic heterocycles. The van der Waals surface area contributed by atoms with Crippen LogP contribution in [0.15, 0.2) is 54.6 Å². The molecule has 97 valence electrons. The molecule has 2 rings (SSSR count). The summed E-state index contributed by atoms with van der Waals surface area (Å²) in [5, 5.41) is 0. The van der Waals surface area contributed by atoms with Crippen molar-refractivity contribution in [1.82, 2.24) is 0 Å². The van der Waals surface area contributed by atoms with Crippen LogP contribution in [0.2, 0.25) is 0 Å². The summed E-state index contributed by atoms with van der Waals surface area (Å²) in [7, 11) is 0. The van der Waals surface area contributed by atoms with E-state index >= 15 is 0 Å². The Labute approximate surface area is 112 Å². The third kappa shape index (κ3) is 3.66. The predicted molar refractivity (Wildman–Crippen MR) is 73.2 cm³/mol. The summed E-state index contributed by atoms with van der Waals surface area (Å²) in [4.78, 5) is 21.1. The molecule has 2 aromatic rings. The Hall–Kier alpha value is -2.13. The summed E-state index contributed by atoms with van der Waals surface area (Å²) in [5.74, 6) is -0.494. The molecule has 0 spiro atoms. The SMILES string of the molecule is [CH2]CCOOC(=O)c1cccc(-c2ccccc2)c1. The summed E-state index contributed by atoms with van der Waals surface area (Å²) in [5.41, 5.74) is 2.48. The Kier molecular flexibility index (Phi) is 4.70. The number of hydrogen-bond donors (Lipinski definition) is 0. The molecule has 0 amide bonds. The molecular weight excluding hydrogens is 240 g/mol. The van der Waals surface area contributed by atoms with Gasteiger partial charge in [0.05, 0.1) is 12.2 Å². The molecule has 0 heterocycles. The first-order valence-corrected chi connectivity index (χ1v) is 6.10. The molecule has 0 saturated heterocycles. The smallest absolute Gasteiger partial charge is 0.293 e. The quantitative estimate of drug-likeness (QED) is 0.464. The van der Waals surface area contributed by atoms with Crippen LogP contribution in [0.25, 0.3) is 11.1 Å². The average Bonchev–Trinajstić information content (AvgIpc) is 2.48. The lowest BCUT2D eigenvalue weighted by molar-refractivity contribution is -0.239. The highest BCUT2D eigenvalue weighted by Crippen LogP contribution is 2.20. The van der Waals surface area contributed by atoms with Crippen LogP contribution in [-0.2, 0) is 9.78 Å². The van der Waals surface area contributed by atoms with Crippen LogP contribution in [0, 0.1) is 6.92 Å². The van der Waals surface area contributed by atoms with Crippen molar-refractivity contribution in [3.05, 3.63) is 67.1 Å². The molecule has 2 aromatic carbocycles. The van der Waals surface area contributed by atoms with Gasteiger partial charge in [0.15, 0.2) is 0 Å². The van der Waals surface area contributed by atoms with E-state index in [2.05, 4.69) is 11.8 Å². The highest BCUT2D eigenvalue weighted by atomic mass is 17.2. The number of hydrogen-bond acceptors (Lipinski definition) is 3. The standard InChI is InChI=1S/C16H15O3/c1-2-11-18-19-16(17)15-10-6-9-14(12-15)13-7-4-3-5-8-13/h3-10,12H,1-2,11H2. The molecule has 19 heavy (non-hydrogen) atoms. The lowest BCUT2D eigenvalue weighted by Crippen LogP contribution is -2.06. The molecule has 0 atom stereocenters. The van der Waals surface area contributed by atoms with Crippen LogP contribution in [0.5, 0.6) is 0 Å². The summed E-state index contributed by atoms with van der Waals surface area (Å²) in [6.45, 7) is 3.89. The van der Waals surface area contributed by atoms with Crippen LogP contribution >= 0.6 is 0 Å². The van der Waals surface area contributed by atoms with E-state index in [0.29, 0.717) is 18.6 Å². The Morgan fingerprint density at radius 3 is 2.47 bits per heavy atom. The minimum absolute atomic E-state index is 0.296. The summed E-state index contributed by atoms with van der Waals surface area (Å²) in [6, 6.07) is 17.1. The van der Waals surface area contributed by atoms with Gasteiger partial charge in [-0.2, -0.15) is 4.89 Å². The molecule has 0 unspecified atom stereocenters. The van der Waals surface area contributed by atoms with Crippen LogP contribution in [0.4, 0.5) is 0 Å². The van der Waals surface area contributed by atoms with Crippen molar-refractivity contribution in [3.8, 4) is 11.1 Å². The van der Waals surface area contributed by atoms with Crippen molar-refractivity contribution < 1.29 is 14.6 Å². The van der Waals surface area contributed by atoms with Gasteiger partial charge < -0.3 is 0 Å². The largest absolute Gasteiger partial charge is 0.373 e. The van der Waals surface area contributed by atoms with E-state index in [1.807, 2.05) is 42.5 Å². The third-order valence-electron chi connectivity index (χ3n) is 2.57.